The van der Waals surface area contributed by atoms with Gasteiger partial charge in [0.05, 0.1) is 6.04 Å². The van der Waals surface area contributed by atoms with Crippen LogP contribution in [-0.4, -0.2) is 6.54 Å². The summed E-state index contributed by atoms with van der Waals surface area (Å²) in [6, 6.07) is 17.9. The van der Waals surface area contributed by atoms with Crippen molar-refractivity contribution in [3.8, 4) is 0 Å². The fourth-order valence-corrected chi connectivity index (χ4v) is 3.24. The fourth-order valence-electron chi connectivity index (χ4n) is 2.54. The second-order valence-corrected chi connectivity index (χ2v) is 6.17. The summed E-state index contributed by atoms with van der Waals surface area (Å²) in [7, 11) is 0. The Kier molecular flexibility index (Phi) is 6.05. The third-order valence-electron chi connectivity index (χ3n) is 3.45. The molecule has 0 aliphatic carbocycles. The second kappa shape index (κ2) is 7.79. The second-order valence-electron chi connectivity index (χ2n) is 5.01. The van der Waals surface area contributed by atoms with Crippen molar-refractivity contribution in [1.29, 1.82) is 0 Å². The molecule has 1 atom stereocenters. The largest absolute Gasteiger partial charge is 0.306 e. The lowest BCUT2D eigenvalue weighted by molar-refractivity contribution is 0.627. The molecule has 0 aliphatic rings. The van der Waals surface area contributed by atoms with Crippen LogP contribution in [0.3, 0.4) is 0 Å². The molecule has 2 aromatic carbocycles. The van der Waals surface area contributed by atoms with Gasteiger partial charge in [0, 0.05) is 3.57 Å². The summed E-state index contributed by atoms with van der Waals surface area (Å²) in [5.41, 5.74) is 4.16. The van der Waals surface area contributed by atoms with Gasteiger partial charge in [-0.25, -0.2) is 0 Å². The molecule has 1 nitrogen and oxygen atoms in total. The first-order valence-corrected chi connectivity index (χ1v) is 8.40. The summed E-state index contributed by atoms with van der Waals surface area (Å²) in [5.74, 6) is 0. The van der Waals surface area contributed by atoms with Crippen molar-refractivity contribution in [2.75, 3.05) is 6.54 Å². The average Bonchev–Trinajstić information content (AvgIpc) is 2.46. The summed E-state index contributed by atoms with van der Waals surface area (Å²) in [4.78, 5) is 0. The van der Waals surface area contributed by atoms with Crippen molar-refractivity contribution in [1.82, 2.24) is 5.32 Å². The van der Waals surface area contributed by atoms with Crippen molar-refractivity contribution in [2.45, 2.75) is 32.7 Å². The molecule has 0 aliphatic heterocycles. The molecule has 0 bridgehead atoms. The first kappa shape index (κ1) is 15.5. The molecule has 0 saturated carbocycles. The van der Waals surface area contributed by atoms with E-state index in [9.17, 15) is 0 Å². The van der Waals surface area contributed by atoms with Gasteiger partial charge in [0.25, 0.3) is 0 Å². The Labute approximate surface area is 135 Å². The van der Waals surface area contributed by atoms with Crippen LogP contribution in [0.5, 0.6) is 0 Å². The standard InChI is InChI=1S/C18H22IN/c1-3-8-14-9-7-10-15(13-14)18(20-4-2)16-11-5-6-12-17(16)19/h5-7,9-13,18,20H,3-4,8H2,1-2H3. The van der Waals surface area contributed by atoms with Gasteiger partial charge in [-0.15, -0.1) is 0 Å². The molecule has 1 N–H and O–H groups in total. The zero-order valence-corrected chi connectivity index (χ0v) is 14.4. The predicted molar refractivity (Wildman–Crippen MR) is 95.1 cm³/mol. The Morgan fingerprint density at radius 2 is 1.85 bits per heavy atom. The summed E-state index contributed by atoms with van der Waals surface area (Å²) in [6.45, 7) is 5.36. The highest BCUT2D eigenvalue weighted by Gasteiger charge is 2.15. The van der Waals surface area contributed by atoms with Gasteiger partial charge in [-0.2, -0.15) is 0 Å². The summed E-state index contributed by atoms with van der Waals surface area (Å²) < 4.78 is 1.32. The zero-order valence-electron chi connectivity index (χ0n) is 12.2. The maximum Gasteiger partial charge on any atom is 0.0587 e. The van der Waals surface area contributed by atoms with Crippen molar-refractivity contribution in [3.63, 3.8) is 0 Å². The highest BCUT2D eigenvalue weighted by molar-refractivity contribution is 14.1. The lowest BCUT2D eigenvalue weighted by Crippen LogP contribution is -2.22. The third-order valence-corrected chi connectivity index (χ3v) is 4.43. The van der Waals surface area contributed by atoms with E-state index in [4.69, 9.17) is 0 Å². The van der Waals surface area contributed by atoms with E-state index in [1.165, 1.54) is 26.7 Å². The van der Waals surface area contributed by atoms with Gasteiger partial charge in [-0.05, 0) is 58.3 Å². The van der Waals surface area contributed by atoms with Gasteiger partial charge in [0.15, 0.2) is 0 Å². The van der Waals surface area contributed by atoms with Crippen LogP contribution in [0.1, 0.15) is 43.0 Å². The normalized spacial score (nSPS) is 12.3. The van der Waals surface area contributed by atoms with Gasteiger partial charge in [-0.1, -0.05) is 62.7 Å². The van der Waals surface area contributed by atoms with Crippen LogP contribution in [-0.2, 0) is 6.42 Å². The number of rotatable bonds is 6. The van der Waals surface area contributed by atoms with Gasteiger partial charge >= 0.3 is 0 Å². The Balaban J connectivity index is 2.38. The Bertz CT molecular complexity index is 551. The fraction of sp³-hybridized carbons (Fsp3) is 0.333. The van der Waals surface area contributed by atoms with Gasteiger partial charge < -0.3 is 5.32 Å². The van der Waals surface area contributed by atoms with Crippen molar-refractivity contribution in [3.05, 3.63) is 68.8 Å². The maximum atomic E-state index is 3.62. The van der Waals surface area contributed by atoms with Gasteiger partial charge in [0.1, 0.15) is 0 Å². The van der Waals surface area contributed by atoms with E-state index in [0.29, 0.717) is 0 Å². The molecule has 0 radical (unpaired) electrons. The van der Waals surface area contributed by atoms with Crippen LogP contribution in [0.25, 0.3) is 0 Å². The molecule has 0 fully saturated rings. The number of benzene rings is 2. The highest BCUT2D eigenvalue weighted by Crippen LogP contribution is 2.27. The molecule has 0 amide bonds. The summed E-state index contributed by atoms with van der Waals surface area (Å²) >= 11 is 2.43. The lowest BCUT2D eigenvalue weighted by Gasteiger charge is -2.21. The van der Waals surface area contributed by atoms with Crippen LogP contribution in [0, 0.1) is 3.57 Å². The van der Waals surface area contributed by atoms with E-state index >= 15 is 0 Å². The van der Waals surface area contributed by atoms with E-state index in [2.05, 4.69) is 90.3 Å². The van der Waals surface area contributed by atoms with E-state index in [1.807, 2.05) is 0 Å². The molecule has 0 saturated heterocycles. The number of hydrogen-bond acceptors (Lipinski definition) is 1. The zero-order chi connectivity index (χ0) is 14.4. The Hall–Kier alpha value is -0.870. The molecule has 0 spiro atoms. The number of aryl methyl sites for hydroxylation is 1. The SMILES string of the molecule is CCCc1cccc(C(NCC)c2ccccc2I)c1. The molecule has 106 valence electrons. The van der Waals surface area contributed by atoms with Crippen LogP contribution in [0.2, 0.25) is 0 Å². The predicted octanol–water partition coefficient (Wildman–Crippen LogP) is 4.94. The topological polar surface area (TPSA) is 12.0 Å². The minimum absolute atomic E-state index is 0.282. The third kappa shape index (κ3) is 3.83. The summed E-state index contributed by atoms with van der Waals surface area (Å²) in [6.07, 6.45) is 2.34. The van der Waals surface area contributed by atoms with Crippen LogP contribution in [0.15, 0.2) is 48.5 Å². The quantitative estimate of drug-likeness (QED) is 0.701. The van der Waals surface area contributed by atoms with Crippen LogP contribution < -0.4 is 5.32 Å². The van der Waals surface area contributed by atoms with E-state index in [0.717, 1.165) is 13.0 Å². The van der Waals surface area contributed by atoms with Crippen molar-refractivity contribution < 1.29 is 0 Å². The first-order chi connectivity index (χ1) is 9.76. The Morgan fingerprint density at radius 3 is 2.55 bits per heavy atom. The molecule has 0 aromatic heterocycles. The smallest absolute Gasteiger partial charge is 0.0587 e. The molecular weight excluding hydrogens is 357 g/mol. The molecule has 20 heavy (non-hydrogen) atoms. The highest BCUT2D eigenvalue weighted by atomic mass is 127. The summed E-state index contributed by atoms with van der Waals surface area (Å²) in [5, 5.41) is 3.62. The van der Waals surface area contributed by atoms with E-state index < -0.39 is 0 Å². The van der Waals surface area contributed by atoms with E-state index in [-0.39, 0.29) is 6.04 Å². The average molecular weight is 379 g/mol. The molecule has 0 heterocycles. The molecule has 2 aromatic rings. The van der Waals surface area contributed by atoms with Gasteiger partial charge in [0.2, 0.25) is 0 Å². The first-order valence-electron chi connectivity index (χ1n) is 7.33. The lowest BCUT2D eigenvalue weighted by atomic mass is 9.96. The van der Waals surface area contributed by atoms with Crippen molar-refractivity contribution in [2.24, 2.45) is 0 Å². The van der Waals surface area contributed by atoms with Crippen LogP contribution >= 0.6 is 22.6 Å². The molecule has 2 rings (SSSR count). The minimum Gasteiger partial charge on any atom is -0.306 e. The maximum absolute atomic E-state index is 3.62. The number of hydrogen-bond donors (Lipinski definition) is 1. The number of nitrogens with one attached hydrogen (secondary N) is 1. The molecule has 2 heteroatoms. The van der Waals surface area contributed by atoms with Gasteiger partial charge in [-0.3, -0.25) is 0 Å². The molecule has 1 unspecified atom stereocenters. The molecular formula is C18H22IN. The Morgan fingerprint density at radius 1 is 1.05 bits per heavy atom. The van der Waals surface area contributed by atoms with E-state index in [1.54, 1.807) is 0 Å². The van der Waals surface area contributed by atoms with Crippen LogP contribution in [0.4, 0.5) is 0 Å². The monoisotopic (exact) mass is 379 g/mol. The number of halogens is 1. The minimum atomic E-state index is 0.282. The van der Waals surface area contributed by atoms with Crippen molar-refractivity contribution >= 4 is 22.6 Å².